The van der Waals surface area contributed by atoms with E-state index in [4.69, 9.17) is 5.73 Å². The van der Waals surface area contributed by atoms with E-state index in [1.807, 2.05) is 18.7 Å². The minimum absolute atomic E-state index is 0.0438. The Kier molecular flexibility index (Phi) is 8.65. The largest absolute Gasteiger partial charge is 0.369 e. The van der Waals surface area contributed by atoms with Crippen LogP contribution in [0.5, 0.6) is 0 Å². The standard InChI is InChI=1S/C9H19NOSSi/c1-8(9(10)11)4-2-5-12-6-3-7-13/h8,13H,2-7H2,1H3,(H2,10,11). The Balaban J connectivity index is 3.11. The summed E-state index contributed by atoms with van der Waals surface area (Å²) in [5.41, 5.74) is 5.15. The number of nitrogens with two attached hydrogens (primary N) is 1. The molecule has 1 amide bonds. The van der Waals surface area contributed by atoms with Crippen molar-refractivity contribution in [1.29, 1.82) is 0 Å². The monoisotopic (exact) mass is 217 g/mol. The second kappa shape index (κ2) is 8.63. The van der Waals surface area contributed by atoms with Crippen LogP contribution in [-0.4, -0.2) is 27.7 Å². The normalized spacial score (nSPS) is 12.8. The molecule has 76 valence electrons. The highest BCUT2D eigenvalue weighted by Crippen LogP contribution is 2.11. The quantitative estimate of drug-likeness (QED) is 0.492. The Hall–Kier alpha value is 0.0369. The minimum atomic E-state index is -0.171. The molecule has 0 saturated heterocycles. The smallest absolute Gasteiger partial charge is 0.220 e. The third kappa shape index (κ3) is 8.37. The molecule has 1 atom stereocenters. The summed E-state index contributed by atoms with van der Waals surface area (Å²) < 4.78 is 0. The first kappa shape index (κ1) is 13.0. The second-order valence-corrected chi connectivity index (χ2v) is 5.00. The predicted molar refractivity (Wildman–Crippen MR) is 61.5 cm³/mol. The van der Waals surface area contributed by atoms with Crippen LogP contribution >= 0.6 is 11.8 Å². The Morgan fingerprint density at radius 3 is 2.62 bits per heavy atom. The zero-order valence-electron chi connectivity index (χ0n) is 8.29. The molecule has 2 nitrogen and oxygen atoms in total. The lowest BCUT2D eigenvalue weighted by Crippen LogP contribution is -2.20. The number of thioether (sulfide) groups is 1. The van der Waals surface area contributed by atoms with Crippen LogP contribution in [0.4, 0.5) is 0 Å². The number of primary amides is 1. The number of hydrogen-bond acceptors (Lipinski definition) is 2. The lowest BCUT2D eigenvalue weighted by Gasteiger charge is -2.05. The Morgan fingerprint density at radius 1 is 1.46 bits per heavy atom. The van der Waals surface area contributed by atoms with Gasteiger partial charge in [0.25, 0.3) is 0 Å². The third-order valence-electron chi connectivity index (χ3n) is 1.90. The van der Waals surface area contributed by atoms with Crippen molar-refractivity contribution in [2.45, 2.75) is 32.2 Å². The molecule has 0 rings (SSSR count). The highest BCUT2D eigenvalue weighted by molar-refractivity contribution is 7.99. The summed E-state index contributed by atoms with van der Waals surface area (Å²) in [5.74, 6) is 2.26. The van der Waals surface area contributed by atoms with Crippen LogP contribution < -0.4 is 5.73 Å². The summed E-state index contributed by atoms with van der Waals surface area (Å²) in [4.78, 5) is 10.7. The lowest BCUT2D eigenvalue weighted by atomic mass is 10.1. The zero-order chi connectivity index (χ0) is 10.1. The SMILES string of the molecule is CC(CCCSCCC[SiH])C(N)=O. The van der Waals surface area contributed by atoms with E-state index in [9.17, 15) is 4.79 Å². The molecule has 1 unspecified atom stereocenters. The molecule has 0 aromatic heterocycles. The van der Waals surface area contributed by atoms with Crippen LogP contribution in [0.2, 0.25) is 6.04 Å². The number of hydrogen-bond donors (Lipinski definition) is 1. The molecule has 4 heteroatoms. The van der Waals surface area contributed by atoms with Gasteiger partial charge in [-0.25, -0.2) is 0 Å². The maximum Gasteiger partial charge on any atom is 0.220 e. The molecule has 0 aromatic rings. The Morgan fingerprint density at radius 2 is 2.08 bits per heavy atom. The van der Waals surface area contributed by atoms with Gasteiger partial charge in [-0.05, 0) is 30.8 Å². The van der Waals surface area contributed by atoms with Crippen molar-refractivity contribution in [1.82, 2.24) is 0 Å². The van der Waals surface area contributed by atoms with Crippen LogP contribution in [0.3, 0.4) is 0 Å². The van der Waals surface area contributed by atoms with Gasteiger partial charge < -0.3 is 5.73 Å². The average Bonchev–Trinajstić information content (AvgIpc) is 2.10. The summed E-state index contributed by atoms with van der Waals surface area (Å²) in [5, 5.41) is 0. The average molecular weight is 217 g/mol. The lowest BCUT2D eigenvalue weighted by molar-refractivity contribution is -0.121. The molecule has 0 saturated carbocycles. The van der Waals surface area contributed by atoms with Crippen molar-refractivity contribution >= 4 is 27.9 Å². The highest BCUT2D eigenvalue weighted by Gasteiger charge is 2.06. The van der Waals surface area contributed by atoms with Gasteiger partial charge in [0.2, 0.25) is 5.91 Å². The Bertz CT molecular complexity index is 144. The molecule has 0 spiro atoms. The maximum atomic E-state index is 10.7. The number of rotatable bonds is 8. The summed E-state index contributed by atoms with van der Waals surface area (Å²) >= 11 is 1.97. The van der Waals surface area contributed by atoms with Crippen molar-refractivity contribution in [3.63, 3.8) is 0 Å². The molecule has 0 aliphatic carbocycles. The number of carbonyl (C=O) groups excluding carboxylic acids is 1. The van der Waals surface area contributed by atoms with Crippen molar-refractivity contribution in [3.05, 3.63) is 0 Å². The molecular formula is C9H19NOSSi. The minimum Gasteiger partial charge on any atom is -0.369 e. The van der Waals surface area contributed by atoms with Gasteiger partial charge in [-0.3, -0.25) is 4.79 Å². The first-order valence-corrected chi connectivity index (χ1v) is 6.72. The predicted octanol–water partition coefficient (Wildman–Crippen LogP) is 1.33. The third-order valence-corrected chi connectivity index (χ3v) is 3.47. The van der Waals surface area contributed by atoms with Crippen LogP contribution in [-0.2, 0) is 4.79 Å². The summed E-state index contributed by atoms with van der Waals surface area (Å²) in [7, 11) is 2.73. The first-order valence-electron chi connectivity index (χ1n) is 4.75. The molecule has 2 radical (unpaired) electrons. The molecular weight excluding hydrogens is 198 g/mol. The molecule has 0 aromatic carbocycles. The van der Waals surface area contributed by atoms with Crippen LogP contribution in [0, 0.1) is 5.92 Å². The molecule has 0 fully saturated rings. The van der Waals surface area contributed by atoms with E-state index in [0.717, 1.165) is 18.6 Å². The second-order valence-electron chi connectivity index (χ2n) is 3.20. The van der Waals surface area contributed by atoms with Gasteiger partial charge in [0, 0.05) is 16.2 Å². The van der Waals surface area contributed by atoms with Crippen molar-refractivity contribution in [3.8, 4) is 0 Å². The molecule has 0 aliphatic heterocycles. The van der Waals surface area contributed by atoms with E-state index in [1.54, 1.807) is 0 Å². The molecule has 2 N–H and O–H groups in total. The van der Waals surface area contributed by atoms with Gasteiger partial charge in [-0.1, -0.05) is 13.0 Å². The number of amides is 1. The molecule has 0 bridgehead atoms. The molecule has 0 aliphatic rings. The maximum absolute atomic E-state index is 10.7. The van der Waals surface area contributed by atoms with E-state index < -0.39 is 0 Å². The van der Waals surface area contributed by atoms with Crippen LogP contribution in [0.25, 0.3) is 0 Å². The van der Waals surface area contributed by atoms with Crippen molar-refractivity contribution in [2.75, 3.05) is 11.5 Å². The van der Waals surface area contributed by atoms with E-state index in [0.29, 0.717) is 0 Å². The summed E-state index contributed by atoms with van der Waals surface area (Å²) in [6.45, 7) is 1.90. The van der Waals surface area contributed by atoms with E-state index in [-0.39, 0.29) is 11.8 Å². The van der Waals surface area contributed by atoms with Gasteiger partial charge >= 0.3 is 0 Å². The topological polar surface area (TPSA) is 43.1 Å². The van der Waals surface area contributed by atoms with Gasteiger partial charge in [0.1, 0.15) is 0 Å². The molecule has 13 heavy (non-hydrogen) atoms. The van der Waals surface area contributed by atoms with Gasteiger partial charge in [0.15, 0.2) is 0 Å². The summed E-state index contributed by atoms with van der Waals surface area (Å²) in [6.07, 6.45) is 3.30. The van der Waals surface area contributed by atoms with Crippen LogP contribution in [0.15, 0.2) is 0 Å². The van der Waals surface area contributed by atoms with Gasteiger partial charge in [0.05, 0.1) is 0 Å². The van der Waals surface area contributed by atoms with Gasteiger partial charge in [-0.2, -0.15) is 11.8 Å². The van der Waals surface area contributed by atoms with Gasteiger partial charge in [-0.15, -0.1) is 0 Å². The fourth-order valence-electron chi connectivity index (χ4n) is 0.921. The van der Waals surface area contributed by atoms with Crippen LogP contribution in [0.1, 0.15) is 26.2 Å². The first-order chi connectivity index (χ1) is 6.18. The zero-order valence-corrected chi connectivity index (χ0v) is 10.3. The fraction of sp³-hybridized carbons (Fsp3) is 0.889. The fourth-order valence-corrected chi connectivity index (χ4v) is 2.37. The van der Waals surface area contributed by atoms with E-state index in [1.165, 1.54) is 18.2 Å². The van der Waals surface area contributed by atoms with E-state index in [2.05, 4.69) is 10.2 Å². The number of carbonyl (C=O) groups is 1. The van der Waals surface area contributed by atoms with Crippen molar-refractivity contribution in [2.24, 2.45) is 11.7 Å². The molecule has 0 heterocycles. The van der Waals surface area contributed by atoms with E-state index >= 15 is 0 Å². The van der Waals surface area contributed by atoms with Crippen molar-refractivity contribution < 1.29 is 4.79 Å². The Labute approximate surface area is 88.5 Å². The summed E-state index contributed by atoms with van der Waals surface area (Å²) in [6, 6.07) is 1.19. The highest BCUT2D eigenvalue weighted by atomic mass is 32.2.